The molecule has 0 spiro atoms. The molecule has 2 aliphatic rings. The number of hydrogen-bond acceptors (Lipinski definition) is 4. The standard InChI is InChI=1S/C25H27F2IN4O2/c26-16-5-8-20(27)18(12-16)21-2-1-10-31(21)22-9-11-32-24(23(22)28)19(13-29-32)25(34)30-17-6-3-15(14-33)4-7-17/h5,8-9,11-13,15,17,21,33H,1-4,6-7,10,14H2,(H,30,34)/t15?,17?,21-/m1/s1. The first-order valence-electron chi connectivity index (χ1n) is 11.8. The van der Waals surface area contributed by atoms with E-state index < -0.39 is 11.6 Å². The van der Waals surface area contributed by atoms with Crippen LogP contribution in [0.4, 0.5) is 14.5 Å². The first-order valence-corrected chi connectivity index (χ1v) is 12.8. The Kier molecular flexibility index (Phi) is 6.74. The molecule has 1 aliphatic heterocycles. The van der Waals surface area contributed by atoms with Gasteiger partial charge in [-0.1, -0.05) is 0 Å². The van der Waals surface area contributed by atoms with Gasteiger partial charge < -0.3 is 15.3 Å². The van der Waals surface area contributed by atoms with Crippen LogP contribution < -0.4 is 10.2 Å². The molecular weight excluding hydrogens is 553 g/mol. The van der Waals surface area contributed by atoms with Crippen molar-refractivity contribution < 1.29 is 18.7 Å². The van der Waals surface area contributed by atoms with Gasteiger partial charge in [0, 0.05) is 31.0 Å². The molecule has 5 rings (SSSR count). The second-order valence-electron chi connectivity index (χ2n) is 9.26. The van der Waals surface area contributed by atoms with Gasteiger partial charge in [-0.15, -0.1) is 0 Å². The summed E-state index contributed by atoms with van der Waals surface area (Å²) in [6, 6.07) is 5.35. The van der Waals surface area contributed by atoms with Crippen molar-refractivity contribution in [3.63, 3.8) is 0 Å². The molecule has 2 aromatic heterocycles. The van der Waals surface area contributed by atoms with Crippen LogP contribution in [-0.2, 0) is 0 Å². The Bertz CT molecular complexity index is 1210. The van der Waals surface area contributed by atoms with E-state index in [1.165, 1.54) is 12.1 Å². The lowest BCUT2D eigenvalue weighted by atomic mass is 9.86. The molecule has 1 saturated heterocycles. The summed E-state index contributed by atoms with van der Waals surface area (Å²) in [5.41, 5.74) is 2.46. The summed E-state index contributed by atoms with van der Waals surface area (Å²) in [5, 5.41) is 16.9. The summed E-state index contributed by atoms with van der Waals surface area (Å²) in [6.07, 6.45) is 8.52. The molecule has 2 fully saturated rings. The quantitative estimate of drug-likeness (QED) is 0.424. The number of anilines is 1. The number of rotatable bonds is 5. The Hall–Kier alpha value is -2.27. The third-order valence-electron chi connectivity index (χ3n) is 7.17. The molecular formula is C25H27F2IN4O2. The van der Waals surface area contributed by atoms with E-state index in [1.807, 2.05) is 12.3 Å². The number of hydrogen-bond donors (Lipinski definition) is 2. The van der Waals surface area contributed by atoms with Crippen molar-refractivity contribution >= 4 is 39.7 Å². The number of nitrogens with one attached hydrogen (secondary N) is 1. The maximum Gasteiger partial charge on any atom is 0.255 e. The predicted molar refractivity (Wildman–Crippen MR) is 134 cm³/mol. The van der Waals surface area contributed by atoms with Crippen molar-refractivity contribution in [2.24, 2.45) is 5.92 Å². The van der Waals surface area contributed by atoms with Crippen LogP contribution in [-0.4, -0.2) is 39.8 Å². The Labute approximate surface area is 210 Å². The van der Waals surface area contributed by atoms with Crippen molar-refractivity contribution in [3.05, 3.63) is 63.0 Å². The lowest BCUT2D eigenvalue weighted by Crippen LogP contribution is -2.38. The highest BCUT2D eigenvalue weighted by Crippen LogP contribution is 2.40. The third-order valence-corrected chi connectivity index (χ3v) is 8.23. The number of benzene rings is 1. The molecule has 1 saturated carbocycles. The molecule has 1 aliphatic carbocycles. The van der Waals surface area contributed by atoms with E-state index in [-0.39, 0.29) is 24.6 Å². The van der Waals surface area contributed by atoms with Crippen molar-refractivity contribution in [2.45, 2.75) is 50.6 Å². The van der Waals surface area contributed by atoms with E-state index >= 15 is 0 Å². The second-order valence-corrected chi connectivity index (χ2v) is 10.3. The van der Waals surface area contributed by atoms with Gasteiger partial charge in [-0.3, -0.25) is 4.79 Å². The summed E-state index contributed by atoms with van der Waals surface area (Å²) in [4.78, 5) is 15.3. The average Bonchev–Trinajstić information content (AvgIpc) is 3.49. The van der Waals surface area contributed by atoms with E-state index in [2.05, 4.69) is 37.9 Å². The van der Waals surface area contributed by atoms with Gasteiger partial charge in [-0.2, -0.15) is 5.10 Å². The van der Waals surface area contributed by atoms with Crippen LogP contribution in [0.15, 0.2) is 36.7 Å². The topological polar surface area (TPSA) is 69.9 Å². The van der Waals surface area contributed by atoms with E-state index in [0.29, 0.717) is 22.6 Å². The molecule has 0 bridgehead atoms. The number of aliphatic hydroxyl groups is 1. The van der Waals surface area contributed by atoms with Gasteiger partial charge in [0.05, 0.1) is 32.6 Å². The smallest absolute Gasteiger partial charge is 0.255 e. The molecule has 180 valence electrons. The number of halogens is 3. The Morgan fingerprint density at radius 1 is 1.18 bits per heavy atom. The molecule has 0 unspecified atom stereocenters. The summed E-state index contributed by atoms with van der Waals surface area (Å²) in [5.74, 6) is -0.692. The van der Waals surface area contributed by atoms with Crippen molar-refractivity contribution in [1.29, 1.82) is 0 Å². The lowest BCUT2D eigenvalue weighted by molar-refractivity contribution is 0.0915. The zero-order chi connectivity index (χ0) is 23.8. The van der Waals surface area contributed by atoms with Crippen LogP contribution in [0.1, 0.15) is 60.5 Å². The molecule has 3 heterocycles. The number of aliphatic hydroxyl groups excluding tert-OH is 1. The fourth-order valence-corrected chi connectivity index (χ4v) is 6.35. The van der Waals surface area contributed by atoms with E-state index in [1.54, 1.807) is 10.7 Å². The van der Waals surface area contributed by atoms with Crippen molar-refractivity contribution in [1.82, 2.24) is 14.9 Å². The van der Waals surface area contributed by atoms with Crippen molar-refractivity contribution in [3.8, 4) is 0 Å². The number of amides is 1. The van der Waals surface area contributed by atoms with Gasteiger partial charge >= 0.3 is 0 Å². The largest absolute Gasteiger partial charge is 0.396 e. The third kappa shape index (κ3) is 4.39. The zero-order valence-corrected chi connectivity index (χ0v) is 20.8. The molecule has 0 radical (unpaired) electrons. The average molecular weight is 580 g/mol. The minimum atomic E-state index is -0.448. The Balaban J connectivity index is 1.44. The highest BCUT2D eigenvalue weighted by molar-refractivity contribution is 14.1. The van der Waals surface area contributed by atoms with Gasteiger partial charge in [0.2, 0.25) is 0 Å². The van der Waals surface area contributed by atoms with Gasteiger partial charge in [0.25, 0.3) is 5.91 Å². The molecule has 1 aromatic carbocycles. The van der Waals surface area contributed by atoms with Crippen LogP contribution >= 0.6 is 22.6 Å². The fourth-order valence-electron chi connectivity index (χ4n) is 5.32. The predicted octanol–water partition coefficient (Wildman–Crippen LogP) is 4.84. The molecule has 9 heteroatoms. The number of nitrogens with zero attached hydrogens (tertiary/aromatic N) is 3. The van der Waals surface area contributed by atoms with Gasteiger partial charge in [0.1, 0.15) is 11.6 Å². The molecule has 6 nitrogen and oxygen atoms in total. The minimum Gasteiger partial charge on any atom is -0.396 e. The maximum atomic E-state index is 14.6. The first kappa shape index (κ1) is 23.5. The number of pyridine rings is 1. The molecule has 3 aromatic rings. The van der Waals surface area contributed by atoms with Crippen LogP contribution in [0.3, 0.4) is 0 Å². The van der Waals surface area contributed by atoms with Crippen LogP contribution in [0.25, 0.3) is 5.52 Å². The van der Waals surface area contributed by atoms with E-state index in [9.17, 15) is 18.7 Å². The number of carbonyl (C=O) groups is 1. The van der Waals surface area contributed by atoms with Crippen molar-refractivity contribution in [2.75, 3.05) is 18.1 Å². The molecule has 1 atom stereocenters. The first-order chi connectivity index (χ1) is 16.5. The fraction of sp³-hybridized carbons (Fsp3) is 0.440. The van der Waals surface area contributed by atoms with Gasteiger partial charge in [-0.05, 0) is 91.3 Å². The Morgan fingerprint density at radius 2 is 1.97 bits per heavy atom. The highest BCUT2D eigenvalue weighted by Gasteiger charge is 2.31. The normalized spacial score (nSPS) is 22.9. The lowest BCUT2D eigenvalue weighted by Gasteiger charge is -2.29. The van der Waals surface area contributed by atoms with Crippen LogP contribution in [0.5, 0.6) is 0 Å². The zero-order valence-electron chi connectivity index (χ0n) is 18.7. The summed E-state index contributed by atoms with van der Waals surface area (Å²) in [7, 11) is 0. The Morgan fingerprint density at radius 3 is 2.74 bits per heavy atom. The minimum absolute atomic E-state index is 0.0880. The van der Waals surface area contributed by atoms with Gasteiger partial charge in [-0.25, -0.2) is 13.3 Å². The monoisotopic (exact) mass is 580 g/mol. The maximum absolute atomic E-state index is 14.6. The summed E-state index contributed by atoms with van der Waals surface area (Å²) in [6.45, 7) is 0.920. The number of aromatic nitrogens is 2. The number of carbonyl (C=O) groups excluding carboxylic acids is 1. The van der Waals surface area contributed by atoms with E-state index in [0.717, 1.165) is 60.4 Å². The van der Waals surface area contributed by atoms with Gasteiger partial charge in [0.15, 0.2) is 0 Å². The SMILES string of the molecule is O=C(NC1CCC(CO)CC1)c1cnn2ccc(N3CCC[C@@H]3c3cc(F)ccc3F)c(I)c12. The summed E-state index contributed by atoms with van der Waals surface area (Å²) < 4.78 is 31.0. The molecule has 34 heavy (non-hydrogen) atoms. The van der Waals surface area contributed by atoms with E-state index in [4.69, 9.17) is 0 Å². The molecule has 1 amide bonds. The number of fused-ring (bicyclic) bond motifs is 1. The second kappa shape index (κ2) is 9.77. The highest BCUT2D eigenvalue weighted by atomic mass is 127. The van der Waals surface area contributed by atoms with Crippen LogP contribution in [0.2, 0.25) is 0 Å². The molecule has 2 N–H and O–H groups in total. The summed E-state index contributed by atoms with van der Waals surface area (Å²) >= 11 is 2.23. The van der Waals surface area contributed by atoms with Crippen LogP contribution in [0, 0.1) is 21.1 Å².